The van der Waals surface area contributed by atoms with E-state index in [1.165, 1.54) is 0 Å². The van der Waals surface area contributed by atoms with Crippen LogP contribution in [0.3, 0.4) is 0 Å². The number of carboxylic acid groups (broad SMARTS) is 1. The summed E-state index contributed by atoms with van der Waals surface area (Å²) < 4.78 is 0. The van der Waals surface area contributed by atoms with Crippen LogP contribution in [-0.2, 0) is 12.8 Å². The van der Waals surface area contributed by atoms with E-state index in [9.17, 15) is 19.5 Å². The molecule has 1 amide bonds. The van der Waals surface area contributed by atoms with E-state index in [-0.39, 0.29) is 17.3 Å². The van der Waals surface area contributed by atoms with Crippen molar-refractivity contribution in [1.82, 2.24) is 5.32 Å². The predicted octanol–water partition coefficient (Wildman–Crippen LogP) is 7.59. The van der Waals surface area contributed by atoms with Crippen LogP contribution < -0.4 is 10.4 Å². The van der Waals surface area contributed by atoms with Crippen molar-refractivity contribution in [3.05, 3.63) is 143 Å². The fraction of sp³-hybridized carbons (Fsp3) is 0.146. The van der Waals surface area contributed by atoms with Crippen molar-refractivity contribution >= 4 is 60.7 Å². The number of Topliss-reactive ketones (excluding diaryl/α,β-unsaturated/α-hetero) is 1. The average molecular weight is 603 g/mol. The Morgan fingerprint density at radius 1 is 0.565 bits per heavy atom. The van der Waals surface area contributed by atoms with E-state index in [1.54, 1.807) is 18.2 Å². The van der Waals surface area contributed by atoms with Gasteiger partial charge in [0.15, 0.2) is 5.78 Å². The Morgan fingerprint density at radius 3 is 1.70 bits per heavy atom. The molecule has 7 aromatic carbocycles. The normalized spacial score (nSPS) is 11.5. The highest BCUT2D eigenvalue weighted by Crippen LogP contribution is 2.44. The Labute approximate surface area is 266 Å². The quantitative estimate of drug-likeness (QED) is 0.0993. The van der Waals surface area contributed by atoms with E-state index >= 15 is 0 Å². The number of nitrogens with one attached hydrogen (secondary N) is 1. The molecule has 0 unspecified atom stereocenters. The molecule has 5 heteroatoms. The van der Waals surface area contributed by atoms with Gasteiger partial charge >= 0.3 is 0 Å². The zero-order chi connectivity index (χ0) is 31.8. The second-order valence-corrected chi connectivity index (χ2v) is 12.0. The highest BCUT2D eigenvalue weighted by molar-refractivity contribution is 6.37. The molecule has 7 aromatic rings. The number of benzene rings is 7. The first kappa shape index (κ1) is 29.2. The third-order valence-corrected chi connectivity index (χ3v) is 9.13. The zero-order valence-electron chi connectivity index (χ0n) is 25.6. The predicted molar refractivity (Wildman–Crippen MR) is 183 cm³/mol. The number of carbonyl (C=O) groups is 3. The van der Waals surface area contributed by atoms with Crippen LogP contribution >= 0.6 is 0 Å². The lowest BCUT2D eigenvalue weighted by Crippen LogP contribution is -2.26. The molecule has 0 atom stereocenters. The topological polar surface area (TPSA) is 86.3 Å². The van der Waals surface area contributed by atoms with Gasteiger partial charge in [0.05, 0.1) is 5.97 Å². The summed E-state index contributed by atoms with van der Waals surface area (Å²) in [6, 6.07) is 35.0. The molecule has 0 saturated heterocycles. The summed E-state index contributed by atoms with van der Waals surface area (Å²) >= 11 is 0. The smallest absolute Gasteiger partial charge is 0.251 e. The van der Waals surface area contributed by atoms with Crippen molar-refractivity contribution in [3.63, 3.8) is 0 Å². The zero-order valence-corrected chi connectivity index (χ0v) is 25.6. The molecular formula is C41H32NO4-. The van der Waals surface area contributed by atoms with Crippen molar-refractivity contribution < 1.29 is 19.5 Å². The molecule has 0 spiro atoms. The lowest BCUT2D eigenvalue weighted by molar-refractivity contribution is -0.254. The molecule has 0 radical (unpaired) electrons. The van der Waals surface area contributed by atoms with Crippen molar-refractivity contribution in [3.8, 4) is 0 Å². The van der Waals surface area contributed by atoms with Crippen LogP contribution in [0.15, 0.2) is 109 Å². The molecule has 0 aliphatic heterocycles. The molecule has 0 aliphatic carbocycles. The fourth-order valence-corrected chi connectivity index (χ4v) is 6.94. The number of carboxylic acids is 1. The van der Waals surface area contributed by atoms with Gasteiger partial charge in [0.25, 0.3) is 5.91 Å². The van der Waals surface area contributed by atoms with Gasteiger partial charge in [0.1, 0.15) is 0 Å². The molecule has 0 saturated carbocycles. The summed E-state index contributed by atoms with van der Waals surface area (Å²) in [6.45, 7) is 2.52. The van der Waals surface area contributed by atoms with Crippen molar-refractivity contribution in [2.45, 2.75) is 32.6 Å². The maximum absolute atomic E-state index is 13.7. The number of aromatic carboxylic acids is 1. The second kappa shape index (κ2) is 12.1. The van der Waals surface area contributed by atoms with E-state index in [4.69, 9.17) is 0 Å². The second-order valence-electron chi connectivity index (χ2n) is 12.0. The molecule has 0 fully saturated rings. The lowest BCUT2D eigenvalue weighted by Gasteiger charge is -2.20. The third-order valence-electron chi connectivity index (χ3n) is 9.13. The number of fused-ring (bicyclic) bond motifs is 2. The Hall–Kier alpha value is -5.55. The van der Waals surface area contributed by atoms with Gasteiger partial charge in [0.2, 0.25) is 0 Å². The highest BCUT2D eigenvalue weighted by atomic mass is 16.4. The Kier molecular flexibility index (Phi) is 7.67. The van der Waals surface area contributed by atoms with Crippen LogP contribution in [0.4, 0.5) is 0 Å². The highest BCUT2D eigenvalue weighted by Gasteiger charge is 2.22. The Bertz CT molecular complexity index is 2250. The van der Waals surface area contributed by atoms with Gasteiger partial charge in [-0.25, -0.2) is 0 Å². The maximum Gasteiger partial charge on any atom is 0.251 e. The molecule has 0 heterocycles. The van der Waals surface area contributed by atoms with Crippen LogP contribution in [0, 0.1) is 6.92 Å². The number of hydrogen-bond donors (Lipinski definition) is 1. The van der Waals surface area contributed by atoms with Crippen LogP contribution in [0.5, 0.6) is 0 Å². The van der Waals surface area contributed by atoms with E-state index in [0.29, 0.717) is 35.9 Å². The number of amides is 1. The summed E-state index contributed by atoms with van der Waals surface area (Å²) in [5.74, 6) is -1.55. The number of hydrogen-bond acceptors (Lipinski definition) is 4. The SMILES string of the molecule is Cc1ccc2c3ccc(C(=O)CCCc4ccccc4)c4c(C(=O)[O-])ccc(c5ccc(C(=O)NCCc6ccccc6)c1c52)c43. The van der Waals surface area contributed by atoms with Gasteiger partial charge < -0.3 is 15.2 Å². The number of rotatable bonds is 10. The monoisotopic (exact) mass is 602 g/mol. The van der Waals surface area contributed by atoms with Crippen molar-refractivity contribution in [2.24, 2.45) is 0 Å². The van der Waals surface area contributed by atoms with Gasteiger partial charge in [-0.2, -0.15) is 0 Å². The van der Waals surface area contributed by atoms with E-state index < -0.39 is 5.97 Å². The first-order valence-corrected chi connectivity index (χ1v) is 15.7. The summed E-state index contributed by atoms with van der Waals surface area (Å²) in [5, 5.41) is 22.0. The minimum Gasteiger partial charge on any atom is -0.545 e. The molecule has 0 aromatic heterocycles. The molecule has 1 N–H and O–H groups in total. The molecule has 7 rings (SSSR count). The Balaban J connectivity index is 1.33. The molecule has 46 heavy (non-hydrogen) atoms. The van der Waals surface area contributed by atoms with Crippen molar-refractivity contribution in [1.29, 1.82) is 0 Å². The standard InChI is InChI=1S/C41H33NO4/c1-25-15-16-28-30-17-20-32(35(43)14-8-13-26-9-4-2-5-10-26)39-34(41(45)46)22-19-31(38(30)39)29-18-21-33(36(25)37(28)29)40(44)42-24-23-27-11-6-3-7-12-27/h2-7,9-12,15-22H,8,13-14,23-24H2,1H3,(H,42,44)(H,45,46)/p-1. The molecule has 0 aliphatic rings. The fourth-order valence-electron chi connectivity index (χ4n) is 6.94. The summed E-state index contributed by atoms with van der Waals surface area (Å²) in [7, 11) is 0. The maximum atomic E-state index is 13.7. The summed E-state index contributed by atoms with van der Waals surface area (Å²) in [6.07, 6.45) is 2.45. The van der Waals surface area contributed by atoms with Gasteiger partial charge in [-0.3, -0.25) is 9.59 Å². The first-order chi connectivity index (χ1) is 22.4. The van der Waals surface area contributed by atoms with E-state index in [1.807, 2.05) is 97.9 Å². The van der Waals surface area contributed by atoms with Crippen LogP contribution in [0.25, 0.3) is 43.1 Å². The van der Waals surface area contributed by atoms with Gasteiger partial charge in [0, 0.05) is 35.0 Å². The van der Waals surface area contributed by atoms with E-state index in [2.05, 4.69) is 5.32 Å². The van der Waals surface area contributed by atoms with Crippen LogP contribution in [-0.4, -0.2) is 24.2 Å². The molecule has 0 bridgehead atoms. The van der Waals surface area contributed by atoms with Gasteiger partial charge in [-0.05, 0) is 86.6 Å². The lowest BCUT2D eigenvalue weighted by atomic mass is 9.83. The summed E-state index contributed by atoms with van der Waals surface area (Å²) in [4.78, 5) is 39.7. The van der Waals surface area contributed by atoms with Crippen molar-refractivity contribution in [2.75, 3.05) is 6.54 Å². The average Bonchev–Trinajstić information content (AvgIpc) is 3.08. The van der Waals surface area contributed by atoms with Gasteiger partial charge in [-0.1, -0.05) is 103 Å². The number of aryl methyl sites for hydroxylation is 2. The van der Waals surface area contributed by atoms with Gasteiger partial charge in [-0.15, -0.1) is 0 Å². The molecular weight excluding hydrogens is 570 g/mol. The first-order valence-electron chi connectivity index (χ1n) is 15.7. The van der Waals surface area contributed by atoms with Crippen LogP contribution in [0.2, 0.25) is 0 Å². The van der Waals surface area contributed by atoms with Crippen LogP contribution in [0.1, 0.15) is 60.6 Å². The molecule has 5 nitrogen and oxygen atoms in total. The third kappa shape index (κ3) is 5.14. The number of ketones is 1. The summed E-state index contributed by atoms with van der Waals surface area (Å²) in [5.41, 5.74) is 4.30. The Morgan fingerprint density at radius 2 is 1.09 bits per heavy atom. The minimum atomic E-state index is -1.32. The minimum absolute atomic E-state index is 0.00762. The van der Waals surface area contributed by atoms with E-state index in [0.717, 1.165) is 67.2 Å². The molecule has 226 valence electrons. The number of carbonyl (C=O) groups excluding carboxylic acids is 3. The largest absolute Gasteiger partial charge is 0.545 e.